The van der Waals surface area contributed by atoms with Crippen LogP contribution in [0.1, 0.15) is 49.7 Å². The Bertz CT molecular complexity index is 567. The molecule has 8 heteroatoms. The van der Waals surface area contributed by atoms with Crippen molar-refractivity contribution in [1.29, 1.82) is 0 Å². The molecule has 126 valence electrons. The average Bonchev–Trinajstić information content (AvgIpc) is 2.92. The number of thiazole rings is 1. The lowest BCUT2D eigenvalue weighted by molar-refractivity contribution is -0.140. The highest BCUT2D eigenvalue weighted by atomic mass is 32.2. The molecule has 0 aromatic carbocycles. The average molecular weight is 348 g/mol. The zero-order chi connectivity index (χ0) is 16.6. The van der Waals surface area contributed by atoms with E-state index in [4.69, 9.17) is 0 Å². The number of aromatic nitrogens is 1. The molecule has 6 nitrogen and oxygen atoms in total. The summed E-state index contributed by atoms with van der Waals surface area (Å²) in [6.07, 6.45) is 1.80. The molecule has 1 heterocycles. The fourth-order valence-electron chi connectivity index (χ4n) is 1.77. The van der Waals surface area contributed by atoms with Crippen LogP contribution in [-0.4, -0.2) is 38.8 Å². The van der Waals surface area contributed by atoms with Gasteiger partial charge in [-0.2, -0.15) is 0 Å². The molecule has 0 aliphatic heterocycles. The maximum atomic E-state index is 11.8. The van der Waals surface area contributed by atoms with Crippen molar-refractivity contribution in [3.63, 3.8) is 0 Å². The van der Waals surface area contributed by atoms with Gasteiger partial charge in [-0.25, -0.2) is 18.1 Å². The van der Waals surface area contributed by atoms with Gasteiger partial charge in [0.1, 0.15) is 0 Å². The third kappa shape index (κ3) is 7.33. The molecule has 0 atom stereocenters. The van der Waals surface area contributed by atoms with Gasteiger partial charge in [-0.05, 0) is 12.8 Å². The predicted octanol–water partition coefficient (Wildman–Crippen LogP) is 2.07. The largest absolute Gasteiger partial charge is 0.469 e. The van der Waals surface area contributed by atoms with E-state index in [-0.39, 0.29) is 18.1 Å². The Morgan fingerprint density at radius 2 is 2.14 bits per heavy atom. The molecule has 0 amide bonds. The molecule has 0 saturated carbocycles. The summed E-state index contributed by atoms with van der Waals surface area (Å²) in [6.45, 7) is 4.51. The maximum Gasteiger partial charge on any atom is 0.305 e. The molecule has 0 radical (unpaired) electrons. The van der Waals surface area contributed by atoms with Crippen molar-refractivity contribution < 1.29 is 17.9 Å². The van der Waals surface area contributed by atoms with Crippen LogP contribution < -0.4 is 4.72 Å². The number of nitrogens with zero attached hydrogens (tertiary/aromatic N) is 1. The lowest BCUT2D eigenvalue weighted by atomic mass is 10.2. The Morgan fingerprint density at radius 1 is 1.41 bits per heavy atom. The Balaban J connectivity index is 2.25. The molecule has 1 rings (SSSR count). The highest BCUT2D eigenvalue weighted by Crippen LogP contribution is 2.19. The molecule has 0 unspecified atom stereocenters. The summed E-state index contributed by atoms with van der Waals surface area (Å²) in [5.74, 6) is 0.110. The van der Waals surface area contributed by atoms with Crippen molar-refractivity contribution in [2.24, 2.45) is 0 Å². The Labute approximate surface area is 136 Å². The summed E-state index contributed by atoms with van der Waals surface area (Å²) in [7, 11) is -1.97. The number of nitrogens with one attached hydrogen (secondary N) is 1. The normalized spacial score (nSPS) is 11.8. The SMILES string of the molecule is COC(=O)CCCCS(=O)(=O)NCCc1csc(C(C)C)n1. The van der Waals surface area contributed by atoms with Crippen molar-refractivity contribution in [3.8, 4) is 0 Å². The van der Waals surface area contributed by atoms with Gasteiger partial charge in [-0.15, -0.1) is 11.3 Å². The fourth-order valence-corrected chi connectivity index (χ4v) is 3.78. The fraction of sp³-hybridized carbons (Fsp3) is 0.714. The van der Waals surface area contributed by atoms with Crippen molar-refractivity contribution in [3.05, 3.63) is 16.1 Å². The van der Waals surface area contributed by atoms with Crippen LogP contribution in [0.2, 0.25) is 0 Å². The number of carbonyl (C=O) groups is 1. The molecule has 0 spiro atoms. The monoisotopic (exact) mass is 348 g/mol. The van der Waals surface area contributed by atoms with Crippen LogP contribution in [-0.2, 0) is 26.0 Å². The second kappa shape index (κ2) is 9.22. The lowest BCUT2D eigenvalue weighted by Gasteiger charge is -2.05. The number of rotatable bonds is 10. The van der Waals surface area contributed by atoms with E-state index in [0.717, 1.165) is 10.7 Å². The highest BCUT2D eigenvalue weighted by molar-refractivity contribution is 7.89. The molecular formula is C14H24N2O4S2. The minimum absolute atomic E-state index is 0.0261. The molecule has 0 aliphatic rings. The van der Waals surface area contributed by atoms with Crippen LogP contribution in [0.5, 0.6) is 0 Å². The Kier molecular flexibility index (Phi) is 7.98. The van der Waals surface area contributed by atoms with E-state index in [1.807, 2.05) is 5.38 Å². The van der Waals surface area contributed by atoms with E-state index in [2.05, 4.69) is 28.3 Å². The molecule has 0 saturated heterocycles. The summed E-state index contributed by atoms with van der Waals surface area (Å²) in [4.78, 5) is 15.4. The first-order chi connectivity index (χ1) is 10.3. The van der Waals surface area contributed by atoms with Gasteiger partial charge in [-0.3, -0.25) is 4.79 Å². The number of ether oxygens (including phenoxy) is 1. The number of unbranched alkanes of at least 4 members (excludes halogenated alkanes) is 1. The molecule has 1 aromatic heterocycles. The van der Waals surface area contributed by atoms with Gasteiger partial charge in [0.2, 0.25) is 10.0 Å². The standard InChI is InChI=1S/C14H24N2O4S2/c1-11(2)14-16-12(10-21-14)7-8-15-22(18,19)9-5-4-6-13(17)20-3/h10-11,15H,4-9H2,1-3H3. The van der Waals surface area contributed by atoms with Gasteiger partial charge in [0, 0.05) is 30.7 Å². The van der Waals surface area contributed by atoms with E-state index < -0.39 is 10.0 Å². The van der Waals surface area contributed by atoms with Gasteiger partial charge in [-0.1, -0.05) is 13.8 Å². The van der Waals surface area contributed by atoms with Crippen LogP contribution in [0, 0.1) is 0 Å². The molecule has 0 fully saturated rings. The van der Waals surface area contributed by atoms with E-state index in [0.29, 0.717) is 31.7 Å². The van der Waals surface area contributed by atoms with Crippen molar-refractivity contribution >= 4 is 27.3 Å². The summed E-state index contributed by atoms with van der Waals surface area (Å²) in [5, 5.41) is 3.04. The zero-order valence-corrected chi connectivity index (χ0v) is 14.9. The molecular weight excluding hydrogens is 324 g/mol. The maximum absolute atomic E-state index is 11.8. The van der Waals surface area contributed by atoms with Gasteiger partial charge in [0.05, 0.1) is 23.6 Å². The summed E-state index contributed by atoms with van der Waals surface area (Å²) >= 11 is 1.61. The van der Waals surface area contributed by atoms with E-state index in [9.17, 15) is 13.2 Å². The first kappa shape index (κ1) is 19.1. The third-order valence-corrected chi connectivity index (χ3v) is 5.70. The zero-order valence-electron chi connectivity index (χ0n) is 13.3. The molecule has 1 N–H and O–H groups in total. The van der Waals surface area contributed by atoms with E-state index in [1.54, 1.807) is 11.3 Å². The van der Waals surface area contributed by atoms with Crippen molar-refractivity contribution in [1.82, 2.24) is 9.71 Å². The third-order valence-electron chi connectivity index (χ3n) is 3.04. The number of hydrogen-bond acceptors (Lipinski definition) is 6. The summed E-state index contributed by atoms with van der Waals surface area (Å²) in [6, 6.07) is 0. The van der Waals surface area contributed by atoms with Crippen LogP contribution >= 0.6 is 11.3 Å². The number of carbonyl (C=O) groups excluding carboxylic acids is 1. The van der Waals surface area contributed by atoms with Gasteiger partial charge >= 0.3 is 5.97 Å². The van der Waals surface area contributed by atoms with Crippen LogP contribution in [0.3, 0.4) is 0 Å². The topological polar surface area (TPSA) is 85.4 Å². The van der Waals surface area contributed by atoms with Gasteiger partial charge < -0.3 is 4.74 Å². The van der Waals surface area contributed by atoms with Gasteiger partial charge in [0.25, 0.3) is 0 Å². The number of sulfonamides is 1. The molecule has 0 aliphatic carbocycles. The van der Waals surface area contributed by atoms with E-state index in [1.165, 1.54) is 7.11 Å². The van der Waals surface area contributed by atoms with Crippen molar-refractivity contribution in [2.45, 2.75) is 45.4 Å². The Morgan fingerprint density at radius 3 is 2.73 bits per heavy atom. The molecule has 0 bridgehead atoms. The van der Waals surface area contributed by atoms with Gasteiger partial charge in [0.15, 0.2) is 0 Å². The van der Waals surface area contributed by atoms with Crippen LogP contribution in [0.25, 0.3) is 0 Å². The van der Waals surface area contributed by atoms with Crippen LogP contribution in [0.15, 0.2) is 5.38 Å². The van der Waals surface area contributed by atoms with Crippen molar-refractivity contribution in [2.75, 3.05) is 19.4 Å². The summed E-state index contributed by atoms with van der Waals surface area (Å²) in [5.41, 5.74) is 0.919. The quantitative estimate of drug-likeness (QED) is 0.517. The van der Waals surface area contributed by atoms with E-state index >= 15 is 0 Å². The molecule has 22 heavy (non-hydrogen) atoms. The Hall–Kier alpha value is -0.990. The first-order valence-electron chi connectivity index (χ1n) is 7.32. The van der Waals surface area contributed by atoms with Crippen LogP contribution in [0.4, 0.5) is 0 Å². The smallest absolute Gasteiger partial charge is 0.305 e. The molecule has 1 aromatic rings. The highest BCUT2D eigenvalue weighted by Gasteiger charge is 2.11. The minimum Gasteiger partial charge on any atom is -0.469 e. The predicted molar refractivity (Wildman–Crippen MR) is 87.6 cm³/mol. The second-order valence-corrected chi connectivity index (χ2v) is 8.14. The number of esters is 1. The first-order valence-corrected chi connectivity index (χ1v) is 9.85. The lowest BCUT2D eigenvalue weighted by Crippen LogP contribution is -2.28. The summed E-state index contributed by atoms with van der Waals surface area (Å²) < 4.78 is 30.7. The number of methoxy groups -OCH3 is 1. The second-order valence-electron chi connectivity index (χ2n) is 5.33. The number of hydrogen-bond donors (Lipinski definition) is 1. The minimum atomic E-state index is -3.29.